The van der Waals surface area contributed by atoms with E-state index in [2.05, 4.69) is 40.9 Å². The summed E-state index contributed by atoms with van der Waals surface area (Å²) >= 11 is 3.46. The Hall–Kier alpha value is -0.830. The summed E-state index contributed by atoms with van der Waals surface area (Å²) < 4.78 is 2.91. The Kier molecular flexibility index (Phi) is 2.12. The van der Waals surface area contributed by atoms with Crippen LogP contribution < -0.4 is 0 Å². The molecule has 0 aliphatic rings. The molecule has 3 heteroatoms. The van der Waals surface area contributed by atoms with Gasteiger partial charge in [0.2, 0.25) is 0 Å². The fraction of sp³-hybridized carbons (Fsp3) is 0.300. The molecule has 0 saturated carbocycles. The van der Waals surface area contributed by atoms with Gasteiger partial charge in [-0.1, -0.05) is 19.9 Å². The molecule has 2 aromatic heterocycles. The summed E-state index contributed by atoms with van der Waals surface area (Å²) in [5, 5.41) is 4.31. The quantitative estimate of drug-likeness (QED) is 0.698. The van der Waals surface area contributed by atoms with Crippen LogP contribution in [0.5, 0.6) is 0 Å². The van der Waals surface area contributed by atoms with Crippen LogP contribution in [0, 0.1) is 0 Å². The Morgan fingerprint density at radius 1 is 1.38 bits per heavy atom. The summed E-state index contributed by atoms with van der Waals surface area (Å²) in [5.41, 5.74) is 2.48. The average Bonchev–Trinajstić information content (AvgIpc) is 2.48. The molecule has 0 aromatic carbocycles. The number of nitrogens with zero attached hydrogens (tertiary/aromatic N) is 2. The van der Waals surface area contributed by atoms with Gasteiger partial charge in [0.25, 0.3) is 0 Å². The van der Waals surface area contributed by atoms with E-state index in [0.29, 0.717) is 5.92 Å². The van der Waals surface area contributed by atoms with E-state index < -0.39 is 0 Å². The zero-order valence-electron chi connectivity index (χ0n) is 7.66. The minimum atomic E-state index is 0.520. The lowest BCUT2D eigenvalue weighted by atomic mass is 10.1. The van der Waals surface area contributed by atoms with E-state index >= 15 is 0 Å². The van der Waals surface area contributed by atoms with Crippen molar-refractivity contribution in [1.82, 2.24) is 9.61 Å². The third kappa shape index (κ3) is 1.37. The summed E-state index contributed by atoms with van der Waals surface area (Å²) in [7, 11) is 0. The highest BCUT2D eigenvalue weighted by Crippen LogP contribution is 2.22. The summed E-state index contributed by atoms with van der Waals surface area (Å²) in [5.74, 6) is 0.520. The Balaban J connectivity index is 2.75. The highest BCUT2D eigenvalue weighted by Gasteiger charge is 2.07. The molecule has 0 spiro atoms. The number of hydrogen-bond acceptors (Lipinski definition) is 1. The van der Waals surface area contributed by atoms with Gasteiger partial charge in [-0.05, 0) is 34.0 Å². The van der Waals surface area contributed by atoms with Crippen LogP contribution in [0.1, 0.15) is 25.3 Å². The van der Waals surface area contributed by atoms with Crippen molar-refractivity contribution < 1.29 is 0 Å². The first-order valence-electron chi connectivity index (χ1n) is 4.32. The van der Waals surface area contributed by atoms with Gasteiger partial charge in [0.05, 0.1) is 11.7 Å². The van der Waals surface area contributed by atoms with Gasteiger partial charge in [0.15, 0.2) is 0 Å². The molecule has 0 atom stereocenters. The lowest BCUT2D eigenvalue weighted by Gasteiger charge is -2.02. The predicted molar refractivity (Wildman–Crippen MR) is 57.0 cm³/mol. The van der Waals surface area contributed by atoms with Crippen LogP contribution in [0.3, 0.4) is 0 Å². The second-order valence-corrected chi connectivity index (χ2v) is 4.21. The largest absolute Gasteiger partial charge is 0.226 e. The van der Waals surface area contributed by atoms with E-state index in [1.807, 2.05) is 22.8 Å². The van der Waals surface area contributed by atoms with Crippen molar-refractivity contribution in [3.8, 4) is 0 Å². The van der Waals surface area contributed by atoms with Crippen molar-refractivity contribution in [3.05, 3.63) is 34.6 Å². The predicted octanol–water partition coefficient (Wildman–Crippen LogP) is 3.22. The maximum absolute atomic E-state index is 4.31. The highest BCUT2D eigenvalue weighted by molar-refractivity contribution is 9.10. The monoisotopic (exact) mass is 238 g/mol. The topological polar surface area (TPSA) is 17.3 Å². The Labute approximate surface area is 85.7 Å². The summed E-state index contributed by atoms with van der Waals surface area (Å²) in [6.45, 7) is 4.36. The molecule has 0 bridgehead atoms. The minimum absolute atomic E-state index is 0.520. The molecule has 2 heterocycles. The van der Waals surface area contributed by atoms with E-state index in [9.17, 15) is 0 Å². The number of halogens is 1. The van der Waals surface area contributed by atoms with Crippen molar-refractivity contribution in [2.75, 3.05) is 0 Å². The molecule has 0 N–H and O–H groups in total. The first kappa shape index (κ1) is 8.75. The number of hydrogen-bond donors (Lipinski definition) is 0. The highest BCUT2D eigenvalue weighted by atomic mass is 79.9. The summed E-state index contributed by atoms with van der Waals surface area (Å²) in [6.07, 6.45) is 1.94. The zero-order valence-corrected chi connectivity index (χ0v) is 9.25. The molecule has 68 valence electrons. The average molecular weight is 239 g/mol. The third-order valence-electron chi connectivity index (χ3n) is 2.15. The van der Waals surface area contributed by atoms with Gasteiger partial charge < -0.3 is 0 Å². The summed E-state index contributed by atoms with van der Waals surface area (Å²) in [6, 6.07) is 6.12. The molecule has 0 amide bonds. The molecule has 0 aliphatic heterocycles. The maximum Gasteiger partial charge on any atom is 0.108 e. The second-order valence-electron chi connectivity index (χ2n) is 3.40. The van der Waals surface area contributed by atoms with Crippen LogP contribution in [-0.2, 0) is 0 Å². The standard InChI is InChI=1S/C10H11BrN2/c1-7(2)8-6-12-13-9(8)4-3-5-10(13)11/h3-7H,1-2H3. The van der Waals surface area contributed by atoms with Crippen molar-refractivity contribution in [1.29, 1.82) is 0 Å². The molecular weight excluding hydrogens is 228 g/mol. The lowest BCUT2D eigenvalue weighted by Crippen LogP contribution is -1.89. The molecule has 2 rings (SSSR count). The first-order chi connectivity index (χ1) is 6.20. The maximum atomic E-state index is 4.31. The molecular formula is C10H11BrN2. The van der Waals surface area contributed by atoms with Crippen molar-refractivity contribution >= 4 is 21.4 Å². The van der Waals surface area contributed by atoms with Gasteiger partial charge in [-0.2, -0.15) is 5.10 Å². The van der Waals surface area contributed by atoms with Crippen LogP contribution >= 0.6 is 15.9 Å². The van der Waals surface area contributed by atoms with Crippen molar-refractivity contribution in [3.63, 3.8) is 0 Å². The Morgan fingerprint density at radius 2 is 2.15 bits per heavy atom. The molecule has 0 unspecified atom stereocenters. The van der Waals surface area contributed by atoms with Gasteiger partial charge in [-0.15, -0.1) is 0 Å². The van der Waals surface area contributed by atoms with E-state index in [1.165, 1.54) is 11.1 Å². The van der Waals surface area contributed by atoms with Crippen LogP contribution in [0.2, 0.25) is 0 Å². The molecule has 0 aliphatic carbocycles. The SMILES string of the molecule is CC(C)c1cnn2c(Br)cccc12. The van der Waals surface area contributed by atoms with E-state index in [1.54, 1.807) is 0 Å². The smallest absolute Gasteiger partial charge is 0.108 e. The fourth-order valence-electron chi connectivity index (χ4n) is 1.44. The first-order valence-corrected chi connectivity index (χ1v) is 5.11. The number of aromatic nitrogens is 2. The minimum Gasteiger partial charge on any atom is -0.226 e. The molecule has 0 fully saturated rings. The molecule has 13 heavy (non-hydrogen) atoms. The van der Waals surface area contributed by atoms with Crippen LogP contribution in [0.25, 0.3) is 5.52 Å². The zero-order chi connectivity index (χ0) is 9.42. The second kappa shape index (κ2) is 3.14. The van der Waals surface area contributed by atoms with Crippen LogP contribution in [0.15, 0.2) is 29.0 Å². The number of rotatable bonds is 1. The van der Waals surface area contributed by atoms with Crippen LogP contribution in [-0.4, -0.2) is 9.61 Å². The van der Waals surface area contributed by atoms with E-state index in [0.717, 1.165) is 4.60 Å². The molecule has 0 saturated heterocycles. The lowest BCUT2D eigenvalue weighted by molar-refractivity contribution is 0.875. The Morgan fingerprint density at radius 3 is 2.85 bits per heavy atom. The van der Waals surface area contributed by atoms with E-state index in [-0.39, 0.29) is 0 Å². The van der Waals surface area contributed by atoms with Gasteiger partial charge in [0, 0.05) is 5.56 Å². The van der Waals surface area contributed by atoms with Crippen LogP contribution in [0.4, 0.5) is 0 Å². The Bertz CT molecular complexity index is 431. The van der Waals surface area contributed by atoms with Gasteiger partial charge >= 0.3 is 0 Å². The normalized spacial score (nSPS) is 11.4. The van der Waals surface area contributed by atoms with Gasteiger partial charge in [-0.3, -0.25) is 0 Å². The molecule has 2 aromatic rings. The van der Waals surface area contributed by atoms with E-state index in [4.69, 9.17) is 0 Å². The van der Waals surface area contributed by atoms with Gasteiger partial charge in [-0.25, -0.2) is 4.52 Å². The fourth-order valence-corrected chi connectivity index (χ4v) is 1.88. The van der Waals surface area contributed by atoms with Crippen molar-refractivity contribution in [2.45, 2.75) is 19.8 Å². The molecule has 2 nitrogen and oxygen atoms in total. The van der Waals surface area contributed by atoms with Gasteiger partial charge in [0.1, 0.15) is 4.60 Å². The van der Waals surface area contributed by atoms with Crippen molar-refractivity contribution in [2.24, 2.45) is 0 Å². The molecule has 0 radical (unpaired) electrons. The number of fused-ring (bicyclic) bond motifs is 1. The summed E-state index contributed by atoms with van der Waals surface area (Å²) in [4.78, 5) is 0. The number of pyridine rings is 1. The third-order valence-corrected chi connectivity index (χ3v) is 2.75.